The van der Waals surface area contributed by atoms with Gasteiger partial charge in [0.25, 0.3) is 0 Å². The highest BCUT2D eigenvalue weighted by atomic mass is 16.1. The van der Waals surface area contributed by atoms with E-state index in [2.05, 4.69) is 42.2 Å². The lowest BCUT2D eigenvalue weighted by Crippen LogP contribution is -2.53. The minimum atomic E-state index is 0.480. The van der Waals surface area contributed by atoms with E-state index in [0.717, 1.165) is 19.3 Å². The van der Waals surface area contributed by atoms with Gasteiger partial charge in [0.15, 0.2) is 0 Å². The number of hydrogen-bond donors (Lipinski definition) is 0. The van der Waals surface area contributed by atoms with Gasteiger partial charge in [-0.1, -0.05) is 43.7 Å². The summed E-state index contributed by atoms with van der Waals surface area (Å²) in [5.41, 5.74) is 1.41. The first-order valence-electron chi connectivity index (χ1n) is 7.63. The first-order valence-corrected chi connectivity index (χ1v) is 7.63. The SMILES string of the molecule is CCC(c1ccccc1)N1C2CCCC1CC(=O)C2. The zero-order valence-electron chi connectivity index (χ0n) is 11.7. The van der Waals surface area contributed by atoms with Gasteiger partial charge in [-0.05, 0) is 24.8 Å². The number of benzene rings is 1. The lowest BCUT2D eigenvalue weighted by molar-refractivity contribution is -0.129. The highest BCUT2D eigenvalue weighted by Gasteiger charge is 2.40. The molecule has 2 saturated heterocycles. The summed E-state index contributed by atoms with van der Waals surface area (Å²) < 4.78 is 0. The maximum atomic E-state index is 11.8. The van der Waals surface area contributed by atoms with Gasteiger partial charge in [0.1, 0.15) is 5.78 Å². The quantitative estimate of drug-likeness (QED) is 0.822. The molecule has 2 aliphatic heterocycles. The smallest absolute Gasteiger partial charge is 0.136 e. The molecule has 1 aromatic carbocycles. The molecule has 0 aliphatic carbocycles. The lowest BCUT2D eigenvalue weighted by atomic mass is 9.81. The van der Waals surface area contributed by atoms with Crippen molar-refractivity contribution >= 4 is 5.78 Å². The average molecular weight is 257 g/mol. The highest BCUT2D eigenvalue weighted by Crippen LogP contribution is 2.39. The molecule has 3 unspecified atom stereocenters. The van der Waals surface area contributed by atoms with Gasteiger partial charge in [-0.25, -0.2) is 0 Å². The van der Waals surface area contributed by atoms with Gasteiger partial charge in [-0.15, -0.1) is 0 Å². The minimum Gasteiger partial charge on any atom is -0.300 e. The summed E-state index contributed by atoms with van der Waals surface area (Å²) in [6.07, 6.45) is 6.38. The zero-order chi connectivity index (χ0) is 13.2. The van der Waals surface area contributed by atoms with Crippen LogP contribution in [0.3, 0.4) is 0 Å². The number of nitrogens with zero attached hydrogens (tertiary/aromatic N) is 1. The molecule has 1 aromatic rings. The summed E-state index contributed by atoms with van der Waals surface area (Å²) >= 11 is 0. The Bertz CT molecular complexity index is 426. The summed E-state index contributed by atoms with van der Waals surface area (Å²) in [5.74, 6) is 0.480. The van der Waals surface area contributed by atoms with Gasteiger partial charge in [-0.2, -0.15) is 0 Å². The molecule has 2 heterocycles. The Morgan fingerprint density at radius 1 is 1.16 bits per heavy atom. The van der Waals surface area contributed by atoms with Crippen LogP contribution in [0.15, 0.2) is 30.3 Å². The molecule has 0 amide bonds. The van der Waals surface area contributed by atoms with E-state index in [0.29, 0.717) is 23.9 Å². The number of rotatable bonds is 3. The summed E-state index contributed by atoms with van der Waals surface area (Å²) in [6, 6.07) is 12.3. The Balaban J connectivity index is 1.88. The molecule has 2 bridgehead atoms. The van der Waals surface area contributed by atoms with Crippen molar-refractivity contribution in [3.63, 3.8) is 0 Å². The average Bonchev–Trinajstić information content (AvgIpc) is 2.41. The van der Waals surface area contributed by atoms with Gasteiger partial charge in [0, 0.05) is 31.0 Å². The van der Waals surface area contributed by atoms with Crippen molar-refractivity contribution < 1.29 is 4.79 Å². The molecule has 0 saturated carbocycles. The second kappa shape index (κ2) is 5.46. The number of carbonyl (C=O) groups excluding carboxylic acids is 1. The first-order chi connectivity index (χ1) is 9.29. The van der Waals surface area contributed by atoms with Crippen LogP contribution in [-0.4, -0.2) is 22.8 Å². The second-order valence-corrected chi connectivity index (χ2v) is 5.97. The van der Waals surface area contributed by atoms with E-state index in [9.17, 15) is 4.79 Å². The number of carbonyl (C=O) groups is 1. The third-order valence-electron chi connectivity index (χ3n) is 4.78. The Morgan fingerprint density at radius 3 is 2.37 bits per heavy atom. The van der Waals surface area contributed by atoms with Crippen LogP contribution >= 0.6 is 0 Å². The lowest BCUT2D eigenvalue weighted by Gasteiger charge is -2.49. The highest BCUT2D eigenvalue weighted by molar-refractivity contribution is 5.80. The molecule has 2 fully saturated rings. The summed E-state index contributed by atoms with van der Waals surface area (Å²) in [4.78, 5) is 14.5. The molecule has 0 N–H and O–H groups in total. The fraction of sp³-hybridized carbons (Fsp3) is 0.588. The van der Waals surface area contributed by atoms with E-state index in [-0.39, 0.29) is 0 Å². The Labute approximate surface area is 115 Å². The topological polar surface area (TPSA) is 20.3 Å². The van der Waals surface area contributed by atoms with Crippen LogP contribution in [-0.2, 0) is 4.79 Å². The monoisotopic (exact) mass is 257 g/mol. The van der Waals surface area contributed by atoms with Crippen molar-refractivity contribution in [1.29, 1.82) is 0 Å². The van der Waals surface area contributed by atoms with Crippen LogP contribution in [0.4, 0.5) is 0 Å². The molecule has 2 heteroatoms. The van der Waals surface area contributed by atoms with Crippen molar-refractivity contribution in [2.24, 2.45) is 0 Å². The van der Waals surface area contributed by atoms with Crippen LogP contribution in [0, 0.1) is 0 Å². The molecular formula is C17H23NO. The van der Waals surface area contributed by atoms with E-state index in [1.807, 2.05) is 0 Å². The number of hydrogen-bond acceptors (Lipinski definition) is 2. The number of Topliss-reactive ketones (excluding diaryl/α,β-unsaturated/α-hetero) is 1. The summed E-state index contributed by atoms with van der Waals surface area (Å²) in [6.45, 7) is 2.27. The Morgan fingerprint density at radius 2 is 1.79 bits per heavy atom. The fourth-order valence-electron chi connectivity index (χ4n) is 4.01. The van der Waals surface area contributed by atoms with Crippen molar-refractivity contribution in [3.8, 4) is 0 Å². The molecule has 19 heavy (non-hydrogen) atoms. The van der Waals surface area contributed by atoms with Crippen LogP contribution in [0.2, 0.25) is 0 Å². The van der Waals surface area contributed by atoms with Gasteiger partial charge in [0.2, 0.25) is 0 Å². The maximum Gasteiger partial charge on any atom is 0.136 e. The predicted octanol–water partition coefficient (Wildman–Crippen LogP) is 3.72. The van der Waals surface area contributed by atoms with Crippen LogP contribution in [0.5, 0.6) is 0 Å². The zero-order valence-corrected chi connectivity index (χ0v) is 11.7. The van der Waals surface area contributed by atoms with E-state index in [4.69, 9.17) is 0 Å². The number of fused-ring (bicyclic) bond motifs is 2. The van der Waals surface area contributed by atoms with Gasteiger partial charge < -0.3 is 0 Å². The standard InChI is InChI=1S/C17H23NO/c1-2-17(13-7-4-3-5-8-13)18-14-9-6-10-15(18)12-16(19)11-14/h3-5,7-8,14-15,17H,2,6,9-12H2,1H3. The molecular weight excluding hydrogens is 234 g/mol. The van der Waals surface area contributed by atoms with Gasteiger partial charge in [0.05, 0.1) is 0 Å². The summed E-state index contributed by atoms with van der Waals surface area (Å²) in [5, 5.41) is 0. The third-order valence-corrected chi connectivity index (χ3v) is 4.78. The van der Waals surface area contributed by atoms with Crippen LogP contribution in [0.1, 0.15) is 57.1 Å². The summed E-state index contributed by atoms with van der Waals surface area (Å²) in [7, 11) is 0. The fourth-order valence-corrected chi connectivity index (χ4v) is 4.01. The largest absolute Gasteiger partial charge is 0.300 e. The number of piperidine rings is 2. The van der Waals surface area contributed by atoms with Crippen molar-refractivity contribution in [3.05, 3.63) is 35.9 Å². The molecule has 2 nitrogen and oxygen atoms in total. The van der Waals surface area contributed by atoms with Crippen LogP contribution < -0.4 is 0 Å². The normalized spacial score (nSPS) is 29.2. The van der Waals surface area contributed by atoms with E-state index >= 15 is 0 Å². The Hall–Kier alpha value is -1.15. The molecule has 0 radical (unpaired) electrons. The predicted molar refractivity (Wildman–Crippen MR) is 77.0 cm³/mol. The Kier molecular flexibility index (Phi) is 3.69. The van der Waals surface area contributed by atoms with Gasteiger partial charge in [-0.3, -0.25) is 9.69 Å². The molecule has 2 aliphatic rings. The molecule has 3 atom stereocenters. The third kappa shape index (κ3) is 2.46. The maximum absolute atomic E-state index is 11.8. The molecule has 0 spiro atoms. The number of ketones is 1. The van der Waals surface area contributed by atoms with Crippen molar-refractivity contribution in [1.82, 2.24) is 4.90 Å². The minimum absolute atomic E-state index is 0.480. The van der Waals surface area contributed by atoms with E-state index < -0.39 is 0 Å². The van der Waals surface area contributed by atoms with Crippen LogP contribution in [0.25, 0.3) is 0 Å². The molecule has 102 valence electrons. The van der Waals surface area contributed by atoms with Gasteiger partial charge >= 0.3 is 0 Å². The molecule has 0 aromatic heterocycles. The van der Waals surface area contributed by atoms with Crippen molar-refractivity contribution in [2.45, 2.75) is 63.6 Å². The van der Waals surface area contributed by atoms with Crippen molar-refractivity contribution in [2.75, 3.05) is 0 Å². The molecule has 3 rings (SSSR count). The van der Waals surface area contributed by atoms with E-state index in [1.54, 1.807) is 0 Å². The second-order valence-electron chi connectivity index (χ2n) is 5.97. The first kappa shape index (κ1) is 12.9. The van der Waals surface area contributed by atoms with E-state index in [1.165, 1.54) is 24.8 Å².